The summed E-state index contributed by atoms with van der Waals surface area (Å²) in [5, 5.41) is 7.56. The van der Waals surface area contributed by atoms with Crippen molar-refractivity contribution in [3.8, 4) is 5.82 Å². The van der Waals surface area contributed by atoms with Crippen LogP contribution in [-0.2, 0) is 9.59 Å². The fourth-order valence-electron chi connectivity index (χ4n) is 5.07. The van der Waals surface area contributed by atoms with Crippen LogP contribution in [0.5, 0.6) is 0 Å². The molecule has 1 saturated carbocycles. The van der Waals surface area contributed by atoms with Crippen LogP contribution in [0.4, 0.5) is 4.39 Å². The Kier molecular flexibility index (Phi) is 5.84. The third-order valence-electron chi connectivity index (χ3n) is 6.89. The summed E-state index contributed by atoms with van der Waals surface area (Å²) in [5.74, 6) is -1.20. The second-order valence-electron chi connectivity index (χ2n) is 9.15. The molecular weight excluding hydrogens is 441 g/mol. The first-order chi connectivity index (χ1) is 16.4. The molecule has 0 aromatic carbocycles. The van der Waals surface area contributed by atoms with E-state index >= 15 is 0 Å². The van der Waals surface area contributed by atoms with Gasteiger partial charge in [0.15, 0.2) is 11.6 Å². The van der Waals surface area contributed by atoms with Crippen molar-refractivity contribution in [1.29, 1.82) is 0 Å². The van der Waals surface area contributed by atoms with Gasteiger partial charge in [0.1, 0.15) is 0 Å². The van der Waals surface area contributed by atoms with Crippen LogP contribution < -0.4 is 0 Å². The topological polar surface area (TPSA) is 117 Å². The summed E-state index contributed by atoms with van der Waals surface area (Å²) in [6.07, 6.45) is 9.37. The lowest BCUT2D eigenvalue weighted by atomic mass is 9.81. The number of carbonyl (C=O) groups excluding carboxylic acids is 3. The van der Waals surface area contributed by atoms with Crippen molar-refractivity contribution in [2.75, 3.05) is 26.2 Å². The number of Topliss-reactive ketones (excluding diaryl/α,β-unsaturated/α-hetero) is 1. The minimum atomic E-state index is -0.804. The maximum Gasteiger partial charge on any atom is 0.295 e. The maximum atomic E-state index is 14.7. The molecule has 1 saturated heterocycles. The molecule has 34 heavy (non-hydrogen) atoms. The zero-order chi connectivity index (χ0) is 23.8. The molecule has 3 aromatic rings. The number of nitrogens with one attached hydrogen (secondary N) is 1. The van der Waals surface area contributed by atoms with Crippen molar-refractivity contribution >= 4 is 28.5 Å². The molecule has 0 spiro atoms. The highest BCUT2D eigenvalue weighted by Gasteiger charge is 2.34. The van der Waals surface area contributed by atoms with Crippen molar-refractivity contribution in [2.45, 2.75) is 32.6 Å². The summed E-state index contributed by atoms with van der Waals surface area (Å²) in [6, 6.07) is 0. The second-order valence-corrected chi connectivity index (χ2v) is 9.15. The Balaban J connectivity index is 1.29. The van der Waals surface area contributed by atoms with Crippen LogP contribution in [0, 0.1) is 17.7 Å². The van der Waals surface area contributed by atoms with Crippen molar-refractivity contribution in [1.82, 2.24) is 34.8 Å². The van der Waals surface area contributed by atoms with Gasteiger partial charge in [0.2, 0.25) is 5.91 Å². The molecule has 1 N–H and O–H groups in total. The fraction of sp³-hybridized carbons (Fsp3) is 0.478. The highest BCUT2D eigenvalue weighted by Crippen LogP contribution is 2.30. The van der Waals surface area contributed by atoms with E-state index in [9.17, 15) is 18.8 Å². The van der Waals surface area contributed by atoms with Crippen LogP contribution in [0.15, 0.2) is 24.8 Å². The van der Waals surface area contributed by atoms with Gasteiger partial charge in [-0.05, 0) is 18.8 Å². The van der Waals surface area contributed by atoms with Crippen molar-refractivity contribution in [2.24, 2.45) is 11.8 Å². The largest absolute Gasteiger partial charge is 0.357 e. The third-order valence-corrected chi connectivity index (χ3v) is 6.89. The Bertz CT molecular complexity index is 1230. The smallest absolute Gasteiger partial charge is 0.295 e. The van der Waals surface area contributed by atoms with E-state index in [0.29, 0.717) is 19.0 Å². The van der Waals surface area contributed by atoms with Gasteiger partial charge in [0, 0.05) is 38.3 Å². The van der Waals surface area contributed by atoms with Gasteiger partial charge in [-0.2, -0.15) is 0 Å². The molecule has 2 fully saturated rings. The number of aromatic nitrogens is 5. The molecule has 4 heterocycles. The summed E-state index contributed by atoms with van der Waals surface area (Å²) in [6.45, 7) is 3.52. The molecule has 10 nitrogen and oxygen atoms in total. The first kappa shape index (κ1) is 22.2. The Morgan fingerprint density at radius 2 is 1.88 bits per heavy atom. The number of hydrogen-bond donors (Lipinski definition) is 1. The Morgan fingerprint density at radius 1 is 1.12 bits per heavy atom. The van der Waals surface area contributed by atoms with Gasteiger partial charge in [-0.3, -0.25) is 14.4 Å². The van der Waals surface area contributed by atoms with Crippen molar-refractivity contribution in [3.05, 3.63) is 36.2 Å². The van der Waals surface area contributed by atoms with Crippen LogP contribution in [0.1, 0.15) is 43.0 Å². The Labute approximate surface area is 195 Å². The van der Waals surface area contributed by atoms with Gasteiger partial charge < -0.3 is 14.8 Å². The van der Waals surface area contributed by atoms with E-state index < -0.39 is 17.5 Å². The van der Waals surface area contributed by atoms with Crippen LogP contribution in [0.2, 0.25) is 0 Å². The van der Waals surface area contributed by atoms with E-state index in [1.54, 1.807) is 11.1 Å². The average Bonchev–Trinajstić information content (AvgIpc) is 3.54. The summed E-state index contributed by atoms with van der Waals surface area (Å²) >= 11 is 0. The Hall–Kier alpha value is -3.63. The third kappa shape index (κ3) is 3.95. The summed E-state index contributed by atoms with van der Waals surface area (Å²) in [4.78, 5) is 49.1. The number of H-pyrrole nitrogens is 1. The molecule has 2 unspecified atom stereocenters. The zero-order valence-corrected chi connectivity index (χ0v) is 18.9. The van der Waals surface area contributed by atoms with E-state index in [0.717, 1.165) is 25.5 Å². The maximum absolute atomic E-state index is 14.7. The Morgan fingerprint density at radius 3 is 2.59 bits per heavy atom. The van der Waals surface area contributed by atoms with Gasteiger partial charge in [0.25, 0.3) is 11.7 Å². The second kappa shape index (κ2) is 8.96. The number of amides is 2. The number of pyridine rings is 1. The normalized spacial score (nSPS) is 21.1. The van der Waals surface area contributed by atoms with Gasteiger partial charge in [-0.25, -0.2) is 14.1 Å². The molecule has 5 rings (SSSR count). The monoisotopic (exact) mass is 467 g/mol. The molecule has 1 aliphatic heterocycles. The number of rotatable bonds is 4. The number of piperazine rings is 1. The lowest BCUT2D eigenvalue weighted by Gasteiger charge is -2.37. The molecule has 2 atom stereocenters. The molecule has 178 valence electrons. The number of carbonyl (C=O) groups is 3. The van der Waals surface area contributed by atoms with Crippen LogP contribution in [0.3, 0.4) is 0 Å². The number of fused-ring (bicyclic) bond motifs is 1. The predicted molar refractivity (Wildman–Crippen MR) is 120 cm³/mol. The van der Waals surface area contributed by atoms with Gasteiger partial charge in [-0.15, -0.1) is 5.10 Å². The summed E-state index contributed by atoms with van der Waals surface area (Å²) < 4.78 is 16.0. The first-order valence-electron chi connectivity index (χ1n) is 11.6. The fourth-order valence-corrected chi connectivity index (χ4v) is 5.07. The summed E-state index contributed by atoms with van der Waals surface area (Å²) in [7, 11) is 0. The van der Waals surface area contributed by atoms with E-state index in [2.05, 4.69) is 27.2 Å². The molecule has 0 bridgehead atoms. The van der Waals surface area contributed by atoms with Gasteiger partial charge in [0.05, 0.1) is 35.1 Å². The van der Waals surface area contributed by atoms with Crippen LogP contribution >= 0.6 is 0 Å². The lowest BCUT2D eigenvalue weighted by Crippen LogP contribution is -2.53. The minimum Gasteiger partial charge on any atom is -0.357 e. The van der Waals surface area contributed by atoms with E-state index in [1.165, 1.54) is 28.4 Å². The van der Waals surface area contributed by atoms with Crippen LogP contribution in [0.25, 0.3) is 16.7 Å². The number of halogens is 1. The van der Waals surface area contributed by atoms with E-state index in [4.69, 9.17) is 0 Å². The number of hydrogen-bond acceptors (Lipinski definition) is 6. The predicted octanol–water partition coefficient (Wildman–Crippen LogP) is 1.96. The standard InChI is InChI=1S/C23H26FN7O3/c1-14-3-2-4-15(11-14)22(33)29-7-9-30(10-8-29)23(34)20(32)16-12-25-19-18(16)17(24)13-26-21(19)31-6-5-27-28-31/h5-6,12-15,25H,2-4,7-11H2,1H3. The molecule has 3 aromatic heterocycles. The molecule has 1 aliphatic carbocycles. The number of ketones is 1. The zero-order valence-electron chi connectivity index (χ0n) is 18.9. The number of nitrogens with zero attached hydrogens (tertiary/aromatic N) is 6. The van der Waals surface area contributed by atoms with E-state index in [1.807, 2.05) is 0 Å². The highest BCUT2D eigenvalue weighted by molar-refractivity contribution is 6.45. The highest BCUT2D eigenvalue weighted by atomic mass is 19.1. The van der Waals surface area contributed by atoms with E-state index in [-0.39, 0.29) is 47.2 Å². The molecule has 0 radical (unpaired) electrons. The first-order valence-corrected chi connectivity index (χ1v) is 11.6. The van der Waals surface area contributed by atoms with Crippen molar-refractivity contribution < 1.29 is 18.8 Å². The lowest BCUT2D eigenvalue weighted by molar-refractivity contribution is -0.141. The van der Waals surface area contributed by atoms with Crippen LogP contribution in [-0.4, -0.2) is 78.5 Å². The SMILES string of the molecule is CC1CCCC(C(=O)N2CCN(C(=O)C(=O)c3c[nH]c4c(-n5ccnn5)ncc(F)c34)CC2)C1. The molecule has 2 aliphatic rings. The average molecular weight is 468 g/mol. The summed E-state index contributed by atoms with van der Waals surface area (Å²) in [5.41, 5.74) is 0.190. The molecular formula is C23H26FN7O3. The number of aromatic amines is 1. The molecule has 11 heteroatoms. The molecule has 2 amide bonds. The quantitative estimate of drug-likeness (QED) is 0.463. The minimum absolute atomic E-state index is 0.0147. The van der Waals surface area contributed by atoms with Gasteiger partial charge in [-0.1, -0.05) is 25.0 Å². The van der Waals surface area contributed by atoms with Gasteiger partial charge >= 0.3 is 0 Å². The van der Waals surface area contributed by atoms with Crippen molar-refractivity contribution in [3.63, 3.8) is 0 Å².